The lowest BCUT2D eigenvalue weighted by Gasteiger charge is -2.36. The second-order valence-corrected chi connectivity index (χ2v) is 16.7. The van der Waals surface area contributed by atoms with E-state index in [4.69, 9.17) is 16.3 Å². The maximum Gasteiger partial charge on any atom is 0.331 e. The molecule has 0 aliphatic carbocycles. The number of amides is 5. The van der Waals surface area contributed by atoms with Crippen LogP contribution in [0.15, 0.2) is 78.9 Å². The lowest BCUT2D eigenvalue weighted by atomic mass is 9.76. The second kappa shape index (κ2) is 16.8. The predicted octanol–water partition coefficient (Wildman–Crippen LogP) is 8.32. The summed E-state index contributed by atoms with van der Waals surface area (Å²) in [6.45, 7) is 17.9. The minimum absolute atomic E-state index is 0.00702. The van der Waals surface area contributed by atoms with Crippen LogP contribution in [-0.4, -0.2) is 57.1 Å². The first-order chi connectivity index (χ1) is 25.3. The molecule has 11 heteroatoms. The molecule has 2 unspecified atom stereocenters. The van der Waals surface area contributed by atoms with Crippen LogP contribution >= 0.6 is 11.6 Å². The molecule has 2 N–H and O–H groups in total. The van der Waals surface area contributed by atoms with Crippen LogP contribution in [0.1, 0.15) is 105 Å². The Balaban J connectivity index is 1.58. The average molecular weight is 759 g/mol. The number of Topliss-reactive ketones (excluding diaryl/α,β-unsaturated/α-hetero) is 1. The van der Waals surface area contributed by atoms with E-state index < -0.39 is 46.1 Å². The number of benzene rings is 3. The normalized spacial score (nSPS) is 16.2. The van der Waals surface area contributed by atoms with Gasteiger partial charge in [0, 0.05) is 29.6 Å². The van der Waals surface area contributed by atoms with E-state index in [-0.39, 0.29) is 30.4 Å². The fourth-order valence-electron chi connectivity index (χ4n) is 6.13. The molecular weight excluding hydrogens is 704 g/mol. The van der Waals surface area contributed by atoms with Crippen LogP contribution in [0.2, 0.25) is 0 Å². The van der Waals surface area contributed by atoms with Gasteiger partial charge in [0.2, 0.25) is 5.91 Å². The number of halogens is 1. The van der Waals surface area contributed by atoms with Crippen molar-refractivity contribution >= 4 is 46.8 Å². The molecule has 5 amide bonds. The number of hydrogen-bond donors (Lipinski definition) is 2. The van der Waals surface area contributed by atoms with E-state index in [0.717, 1.165) is 29.1 Å². The molecule has 0 bridgehead atoms. The minimum Gasteiger partial charge on any atom is -0.493 e. The third kappa shape index (κ3) is 9.14. The van der Waals surface area contributed by atoms with Gasteiger partial charge in [0.15, 0.2) is 11.9 Å². The first-order valence-corrected chi connectivity index (χ1v) is 19.0. The molecule has 4 rings (SSSR count). The second-order valence-electron chi connectivity index (χ2n) is 16.2. The molecule has 3 aromatic carbocycles. The zero-order chi connectivity index (χ0) is 40.1. The van der Waals surface area contributed by atoms with Gasteiger partial charge in [-0.3, -0.25) is 24.1 Å². The number of ether oxygens (including phenoxy) is 1. The molecule has 1 saturated heterocycles. The van der Waals surface area contributed by atoms with Crippen molar-refractivity contribution in [1.82, 2.24) is 15.1 Å². The quantitative estimate of drug-likeness (QED) is 0.0498. The van der Waals surface area contributed by atoms with E-state index in [0.29, 0.717) is 22.6 Å². The van der Waals surface area contributed by atoms with E-state index in [9.17, 15) is 24.0 Å². The van der Waals surface area contributed by atoms with Crippen LogP contribution in [-0.2, 0) is 36.6 Å². The Hall–Kier alpha value is -4.70. The van der Waals surface area contributed by atoms with Crippen LogP contribution in [0.5, 0.6) is 5.75 Å². The Kier molecular flexibility index (Phi) is 13.0. The van der Waals surface area contributed by atoms with Crippen LogP contribution in [0, 0.1) is 5.41 Å². The molecule has 0 aromatic heterocycles. The molecule has 54 heavy (non-hydrogen) atoms. The number of urea groups is 1. The molecule has 0 spiro atoms. The third-order valence-electron chi connectivity index (χ3n) is 10.4. The van der Waals surface area contributed by atoms with Gasteiger partial charge in [-0.2, -0.15) is 0 Å². The summed E-state index contributed by atoms with van der Waals surface area (Å²) >= 11 is 6.97. The standard InChI is InChI=1S/C43H55ClN4O6/c1-10-41(6,7)30-24-25-33(32(27-30)42(8,9)11-2)54-26-18-23-34(49)46-35-36(50)48(39(53)47(35)28-29-19-14-12-15-20-29)43(44,37(51)40(3,4)5)38(52)45-31-21-16-13-17-22-31/h12-17,19-22,24-25,27,35H,10-11,18,23,26,28H2,1-9H3,(H,45,52)(H,46,49). The summed E-state index contributed by atoms with van der Waals surface area (Å²) < 4.78 is 6.26. The monoisotopic (exact) mass is 758 g/mol. The van der Waals surface area contributed by atoms with E-state index in [1.165, 1.54) is 5.56 Å². The van der Waals surface area contributed by atoms with Crippen molar-refractivity contribution < 1.29 is 28.7 Å². The molecule has 3 aromatic rings. The van der Waals surface area contributed by atoms with E-state index in [1.807, 2.05) is 6.07 Å². The van der Waals surface area contributed by atoms with Gasteiger partial charge >= 0.3 is 6.03 Å². The molecule has 290 valence electrons. The van der Waals surface area contributed by atoms with E-state index in [1.54, 1.807) is 81.4 Å². The highest BCUT2D eigenvalue weighted by Gasteiger charge is 2.63. The third-order valence-corrected chi connectivity index (χ3v) is 10.9. The fraction of sp³-hybridized carbons (Fsp3) is 0.465. The largest absolute Gasteiger partial charge is 0.493 e. The SMILES string of the molecule is CCC(C)(C)c1ccc(OCCCC(=O)NC2C(=O)N(C(Cl)(C(=O)Nc3ccccc3)C(=O)C(C)(C)C)C(=O)N2Cc2ccccc2)c(C(C)(C)CC)c1. The highest BCUT2D eigenvalue weighted by atomic mass is 35.5. The molecule has 2 atom stereocenters. The Morgan fingerprint density at radius 3 is 1.98 bits per heavy atom. The van der Waals surface area contributed by atoms with Crippen molar-refractivity contribution in [3.05, 3.63) is 95.6 Å². The maximum atomic E-state index is 14.3. The highest BCUT2D eigenvalue weighted by Crippen LogP contribution is 2.39. The van der Waals surface area contributed by atoms with Gasteiger partial charge in [-0.25, -0.2) is 9.69 Å². The summed E-state index contributed by atoms with van der Waals surface area (Å²) in [5.41, 5.74) is 1.93. The smallest absolute Gasteiger partial charge is 0.331 e. The number of carbonyl (C=O) groups excluding carboxylic acids is 5. The number of hydrogen-bond acceptors (Lipinski definition) is 6. The van der Waals surface area contributed by atoms with Crippen LogP contribution in [0.4, 0.5) is 10.5 Å². The van der Waals surface area contributed by atoms with Crippen molar-refractivity contribution in [3.8, 4) is 5.75 Å². The van der Waals surface area contributed by atoms with Crippen molar-refractivity contribution in [3.63, 3.8) is 0 Å². The molecule has 1 aliphatic rings. The highest BCUT2D eigenvalue weighted by molar-refractivity contribution is 6.50. The Morgan fingerprint density at radius 1 is 0.815 bits per heavy atom. The number of rotatable bonds is 16. The fourth-order valence-corrected chi connectivity index (χ4v) is 6.62. The summed E-state index contributed by atoms with van der Waals surface area (Å²) in [6, 6.07) is 22.5. The number of nitrogens with zero attached hydrogens (tertiary/aromatic N) is 2. The summed E-state index contributed by atoms with van der Waals surface area (Å²) in [6.07, 6.45) is 0.660. The molecular formula is C43H55ClN4O6. The summed E-state index contributed by atoms with van der Waals surface area (Å²) in [5, 5.41) is 5.28. The number of ketones is 1. The van der Waals surface area contributed by atoms with Gasteiger partial charge in [0.25, 0.3) is 16.8 Å². The van der Waals surface area contributed by atoms with Crippen molar-refractivity contribution in [2.75, 3.05) is 11.9 Å². The molecule has 1 heterocycles. The number of carbonyl (C=O) groups is 5. The van der Waals surface area contributed by atoms with Gasteiger partial charge < -0.3 is 15.4 Å². The van der Waals surface area contributed by atoms with Crippen molar-refractivity contribution in [2.45, 2.75) is 117 Å². The minimum atomic E-state index is -2.77. The molecule has 0 radical (unpaired) electrons. The van der Waals surface area contributed by atoms with Gasteiger partial charge in [0.1, 0.15) is 5.75 Å². The van der Waals surface area contributed by atoms with Gasteiger partial charge in [-0.15, -0.1) is 0 Å². The molecule has 1 aliphatic heterocycles. The van der Waals surface area contributed by atoms with Crippen LogP contribution in [0.25, 0.3) is 0 Å². The summed E-state index contributed by atoms with van der Waals surface area (Å²) in [7, 11) is 0. The number of anilines is 1. The molecule has 10 nitrogen and oxygen atoms in total. The number of imide groups is 1. The topological polar surface area (TPSA) is 125 Å². The number of alkyl halides is 1. The molecule has 1 fully saturated rings. The Bertz CT molecular complexity index is 1840. The summed E-state index contributed by atoms with van der Waals surface area (Å²) in [5.74, 6) is -2.70. The van der Waals surface area contributed by atoms with Crippen LogP contribution < -0.4 is 15.4 Å². The summed E-state index contributed by atoms with van der Waals surface area (Å²) in [4.78, 5) is 68.8. The lowest BCUT2D eigenvalue weighted by Crippen LogP contribution is -2.63. The first-order valence-electron chi connectivity index (χ1n) is 18.6. The lowest BCUT2D eigenvalue weighted by molar-refractivity contribution is -0.147. The Morgan fingerprint density at radius 2 is 1.41 bits per heavy atom. The van der Waals surface area contributed by atoms with Gasteiger partial charge in [-0.1, -0.05) is 135 Å². The predicted molar refractivity (Wildman–Crippen MR) is 212 cm³/mol. The van der Waals surface area contributed by atoms with Crippen molar-refractivity contribution in [1.29, 1.82) is 0 Å². The van der Waals surface area contributed by atoms with Crippen molar-refractivity contribution in [2.24, 2.45) is 5.41 Å². The zero-order valence-electron chi connectivity index (χ0n) is 33.0. The number of para-hydroxylation sites is 1. The maximum absolute atomic E-state index is 14.3. The number of nitrogens with one attached hydrogen (secondary N) is 2. The molecule has 0 saturated carbocycles. The van der Waals surface area contributed by atoms with Gasteiger partial charge in [0.05, 0.1) is 6.61 Å². The van der Waals surface area contributed by atoms with E-state index >= 15 is 0 Å². The zero-order valence-corrected chi connectivity index (χ0v) is 33.8. The van der Waals surface area contributed by atoms with E-state index in [2.05, 4.69) is 64.3 Å². The Labute approximate surface area is 325 Å². The van der Waals surface area contributed by atoms with Gasteiger partial charge in [-0.05, 0) is 59.4 Å². The average Bonchev–Trinajstić information content (AvgIpc) is 3.36. The first kappa shape index (κ1) is 42.0. The van der Waals surface area contributed by atoms with Crippen LogP contribution in [0.3, 0.4) is 0 Å².